The van der Waals surface area contributed by atoms with E-state index in [4.69, 9.17) is 26.9 Å². The van der Waals surface area contributed by atoms with Crippen LogP contribution in [-0.4, -0.2) is 54.3 Å². The fraction of sp³-hybridized carbons (Fsp3) is 0.263. The number of sulfonamides is 1. The van der Waals surface area contributed by atoms with Crippen LogP contribution < -0.4 is 4.74 Å². The van der Waals surface area contributed by atoms with Crippen LogP contribution in [0.15, 0.2) is 41.3 Å². The van der Waals surface area contributed by atoms with Crippen LogP contribution in [0.4, 0.5) is 4.39 Å². The first kappa shape index (κ1) is 22.0. The number of hydrogen-bond acceptors (Lipinski definition) is 7. The van der Waals surface area contributed by atoms with Gasteiger partial charge in [-0.05, 0) is 30.3 Å². The lowest BCUT2D eigenvalue weighted by Crippen LogP contribution is -2.48. The molecule has 0 aliphatic carbocycles. The van der Waals surface area contributed by atoms with Gasteiger partial charge >= 0.3 is 0 Å². The Morgan fingerprint density at radius 3 is 2.57 bits per heavy atom. The maximum atomic E-state index is 13.8. The minimum atomic E-state index is -4.20. The van der Waals surface area contributed by atoms with Gasteiger partial charge in [0, 0.05) is 12.6 Å². The summed E-state index contributed by atoms with van der Waals surface area (Å²) >= 11 is 6.02. The highest BCUT2D eigenvalue weighted by molar-refractivity contribution is 7.89. The molecule has 2 aromatic rings. The third-order valence-corrected chi connectivity index (χ3v) is 7.01. The summed E-state index contributed by atoms with van der Waals surface area (Å²) in [7, 11) is -4.20. The van der Waals surface area contributed by atoms with Gasteiger partial charge in [-0.2, -0.15) is 14.8 Å². The van der Waals surface area contributed by atoms with Crippen LogP contribution >= 0.6 is 11.6 Å². The van der Waals surface area contributed by atoms with Crippen molar-refractivity contribution in [2.45, 2.75) is 16.6 Å². The van der Waals surface area contributed by atoms with Gasteiger partial charge in [-0.25, -0.2) is 12.8 Å². The number of nitrogens with zero attached hydrogens (tertiary/aromatic N) is 3. The van der Waals surface area contributed by atoms with E-state index in [0.29, 0.717) is 0 Å². The number of rotatable bonds is 5. The number of nitriles is 2. The molecule has 2 N–H and O–H groups in total. The Hall–Kier alpha value is -2.73. The Morgan fingerprint density at radius 1 is 1.27 bits per heavy atom. The highest BCUT2D eigenvalue weighted by atomic mass is 35.5. The molecule has 2 atom stereocenters. The fourth-order valence-electron chi connectivity index (χ4n) is 3.05. The zero-order chi connectivity index (χ0) is 22.1. The minimum Gasteiger partial charge on any atom is -0.486 e. The average molecular weight is 452 g/mol. The highest BCUT2D eigenvalue weighted by Crippen LogP contribution is 2.33. The molecule has 1 aliphatic rings. The summed E-state index contributed by atoms with van der Waals surface area (Å²) in [5.74, 6) is -0.881. The summed E-state index contributed by atoms with van der Waals surface area (Å²) < 4.78 is 46.3. The molecule has 0 spiro atoms. The molecule has 1 saturated heterocycles. The Balaban J connectivity index is 1.90. The number of hydrogen-bond donors (Lipinski definition) is 2. The third kappa shape index (κ3) is 3.97. The van der Waals surface area contributed by atoms with Crippen molar-refractivity contribution in [1.82, 2.24) is 4.31 Å². The smallest absolute Gasteiger partial charge is 0.244 e. The SMILES string of the molecule is N#Cc1ccc(S(=O)(=O)N2C[C@H](Oc3ccc(C#N)c(F)c3)[C@@](O)(CO)C2)c(Cl)c1. The zero-order valence-corrected chi connectivity index (χ0v) is 16.9. The molecule has 1 fully saturated rings. The van der Waals surface area contributed by atoms with Gasteiger partial charge in [0.25, 0.3) is 0 Å². The molecule has 2 aromatic carbocycles. The quantitative estimate of drug-likeness (QED) is 0.701. The van der Waals surface area contributed by atoms with Crippen molar-refractivity contribution >= 4 is 21.6 Å². The minimum absolute atomic E-state index is 0.0426. The first-order chi connectivity index (χ1) is 14.1. The summed E-state index contributed by atoms with van der Waals surface area (Å²) in [6, 6.07) is 10.6. The van der Waals surface area contributed by atoms with Crippen molar-refractivity contribution in [2.75, 3.05) is 19.7 Å². The Kier molecular flexibility index (Phi) is 5.99. The summed E-state index contributed by atoms with van der Waals surface area (Å²) in [5.41, 5.74) is -1.99. The van der Waals surface area contributed by atoms with E-state index in [1.807, 2.05) is 6.07 Å². The van der Waals surface area contributed by atoms with Gasteiger partial charge in [-0.1, -0.05) is 11.6 Å². The molecule has 0 amide bonds. The number of ether oxygens (including phenoxy) is 1. The molecule has 1 aliphatic heterocycles. The summed E-state index contributed by atoms with van der Waals surface area (Å²) in [4.78, 5) is -0.270. The first-order valence-corrected chi connectivity index (χ1v) is 10.4. The van der Waals surface area contributed by atoms with E-state index in [0.717, 1.165) is 10.4 Å². The molecule has 1 heterocycles. The van der Waals surface area contributed by atoms with Gasteiger partial charge in [0.1, 0.15) is 34.2 Å². The van der Waals surface area contributed by atoms with Crippen LogP contribution in [0.25, 0.3) is 0 Å². The monoisotopic (exact) mass is 451 g/mol. The van der Waals surface area contributed by atoms with Gasteiger partial charge in [0.2, 0.25) is 10.0 Å². The zero-order valence-electron chi connectivity index (χ0n) is 15.3. The molecular weight excluding hydrogens is 437 g/mol. The molecule has 8 nitrogen and oxygen atoms in total. The van der Waals surface area contributed by atoms with Crippen LogP contribution in [0.3, 0.4) is 0 Å². The van der Waals surface area contributed by atoms with Crippen LogP contribution in [0.1, 0.15) is 11.1 Å². The Labute approximate surface area is 177 Å². The van der Waals surface area contributed by atoms with E-state index in [1.54, 1.807) is 6.07 Å². The standard InChI is InChI=1S/C19H15ClFN3O5S/c20-15-5-12(7-22)1-4-17(15)30(27,28)24-9-18(19(26,10-24)11-25)29-14-3-2-13(8-23)16(21)6-14/h1-6,18,25-26H,9-11H2/t18-,19-/m0/s1. The third-order valence-electron chi connectivity index (χ3n) is 4.71. The van der Waals surface area contributed by atoms with Crippen molar-refractivity contribution in [3.63, 3.8) is 0 Å². The van der Waals surface area contributed by atoms with Crippen molar-refractivity contribution in [1.29, 1.82) is 10.5 Å². The lowest BCUT2D eigenvalue weighted by Gasteiger charge is -2.27. The van der Waals surface area contributed by atoms with Crippen molar-refractivity contribution < 1.29 is 27.8 Å². The van der Waals surface area contributed by atoms with Crippen molar-refractivity contribution in [3.8, 4) is 17.9 Å². The van der Waals surface area contributed by atoms with E-state index < -0.39 is 40.7 Å². The highest BCUT2D eigenvalue weighted by Gasteiger charge is 2.51. The lowest BCUT2D eigenvalue weighted by molar-refractivity contribution is -0.0641. The second-order valence-electron chi connectivity index (χ2n) is 6.68. The van der Waals surface area contributed by atoms with Gasteiger partial charge in [-0.3, -0.25) is 0 Å². The van der Waals surface area contributed by atoms with E-state index in [9.17, 15) is 23.0 Å². The maximum absolute atomic E-state index is 13.8. The molecule has 3 rings (SSSR count). The topological polar surface area (TPSA) is 135 Å². The number of aliphatic hydroxyl groups is 2. The number of benzene rings is 2. The second kappa shape index (κ2) is 8.19. The largest absolute Gasteiger partial charge is 0.486 e. The van der Waals surface area contributed by atoms with Crippen LogP contribution in [-0.2, 0) is 10.0 Å². The van der Waals surface area contributed by atoms with Crippen LogP contribution in [0.2, 0.25) is 5.02 Å². The summed E-state index contributed by atoms with van der Waals surface area (Å²) in [6.45, 7) is -1.66. The fourth-order valence-corrected chi connectivity index (χ4v) is 5.07. The van der Waals surface area contributed by atoms with Gasteiger partial charge in [0.15, 0.2) is 0 Å². The molecule has 0 aromatic heterocycles. The number of aliphatic hydroxyl groups excluding tert-OH is 1. The van der Waals surface area contributed by atoms with E-state index in [-0.39, 0.29) is 33.3 Å². The number of β-amino-alcohol motifs (C(OH)–C–C–N with tert-alkyl or cyclic N) is 1. The van der Waals surface area contributed by atoms with Crippen molar-refractivity contribution in [2.24, 2.45) is 0 Å². The summed E-state index contributed by atoms with van der Waals surface area (Å²) in [6.07, 6.45) is -1.22. The Morgan fingerprint density at radius 2 is 2.00 bits per heavy atom. The summed E-state index contributed by atoms with van der Waals surface area (Å²) in [5, 5.41) is 37.9. The first-order valence-electron chi connectivity index (χ1n) is 8.54. The molecule has 0 unspecified atom stereocenters. The van der Waals surface area contributed by atoms with E-state index >= 15 is 0 Å². The lowest BCUT2D eigenvalue weighted by atomic mass is 10.0. The van der Waals surface area contributed by atoms with Crippen LogP contribution in [0, 0.1) is 28.5 Å². The predicted molar refractivity (Wildman–Crippen MR) is 102 cm³/mol. The molecular formula is C19H15ClFN3O5S. The Bertz CT molecular complexity index is 1180. The molecule has 0 bridgehead atoms. The number of halogens is 2. The molecule has 156 valence electrons. The van der Waals surface area contributed by atoms with Gasteiger partial charge in [-0.15, -0.1) is 0 Å². The predicted octanol–water partition coefficient (Wildman–Crippen LogP) is 1.40. The maximum Gasteiger partial charge on any atom is 0.244 e. The van der Waals surface area contributed by atoms with Crippen molar-refractivity contribution in [3.05, 3.63) is 58.4 Å². The molecule has 0 saturated carbocycles. The molecule has 11 heteroatoms. The second-order valence-corrected chi connectivity index (χ2v) is 8.99. The van der Waals surface area contributed by atoms with E-state index in [2.05, 4.69) is 0 Å². The van der Waals surface area contributed by atoms with E-state index in [1.165, 1.54) is 30.3 Å². The van der Waals surface area contributed by atoms with Crippen LogP contribution in [0.5, 0.6) is 5.75 Å². The van der Waals surface area contributed by atoms with Gasteiger partial charge < -0.3 is 14.9 Å². The normalized spacial score (nSPS) is 21.7. The average Bonchev–Trinajstić information content (AvgIpc) is 3.05. The molecule has 30 heavy (non-hydrogen) atoms. The molecule has 0 radical (unpaired) electrons. The van der Waals surface area contributed by atoms with Gasteiger partial charge in [0.05, 0.1) is 35.4 Å².